The first-order valence-corrected chi connectivity index (χ1v) is 2.76. The van der Waals surface area contributed by atoms with Crippen LogP contribution in [0.2, 0.25) is 6.32 Å². The van der Waals surface area contributed by atoms with Crippen LogP contribution in [0.25, 0.3) is 0 Å². The number of halogens is 2. The Morgan fingerprint density at radius 3 is 2.00 bits per heavy atom. The lowest BCUT2D eigenvalue weighted by atomic mass is 9.87. The van der Waals surface area contributed by atoms with Crippen molar-refractivity contribution >= 4 is 30.7 Å². The van der Waals surface area contributed by atoms with E-state index in [1.807, 2.05) is 0 Å². The molecule has 48 valence electrons. The molecule has 0 aliphatic carbocycles. The van der Waals surface area contributed by atoms with E-state index in [9.17, 15) is 0 Å². The van der Waals surface area contributed by atoms with Gasteiger partial charge >= 0.3 is 7.12 Å². The summed E-state index contributed by atoms with van der Waals surface area (Å²) in [6.07, 6.45) is 0.160. The fraction of sp³-hybridized carbons (Fsp3) is 1.00. The lowest BCUT2D eigenvalue weighted by Gasteiger charge is -2.00. The summed E-state index contributed by atoms with van der Waals surface area (Å²) in [7, 11) is -1.32. The summed E-state index contributed by atoms with van der Waals surface area (Å²) in [5.74, 6) is 0. The minimum absolute atomic E-state index is 0.160. The van der Waals surface area contributed by atoms with E-state index >= 15 is 0 Å². The smallest absolute Gasteiger partial charge is 0.427 e. The van der Waals surface area contributed by atoms with Crippen molar-refractivity contribution in [2.45, 2.75) is 6.32 Å². The molecule has 0 saturated carbocycles. The fourth-order valence-electron chi connectivity index (χ4n) is 0.213. The maximum Gasteiger partial charge on any atom is 0.452 e. The van der Waals surface area contributed by atoms with Crippen LogP contribution in [0, 0.1) is 0 Å². The van der Waals surface area contributed by atoms with E-state index in [2.05, 4.69) is 0 Å². The van der Waals surface area contributed by atoms with Gasteiger partial charge in [-0.3, -0.25) is 0 Å². The van der Waals surface area contributed by atoms with Crippen molar-refractivity contribution in [2.75, 3.05) is 6.54 Å². The topological polar surface area (TPSA) is 43.7 Å². The summed E-state index contributed by atoms with van der Waals surface area (Å²) in [5.41, 5.74) is 0. The molecule has 0 aromatic carbocycles. The molecule has 0 saturated heterocycles. The molecule has 0 heterocycles. The lowest BCUT2D eigenvalue weighted by Crippen LogP contribution is -2.15. The molecule has 0 unspecified atom stereocenters. The first-order valence-electron chi connectivity index (χ1n) is 2.08. The molecule has 0 aliphatic rings. The molecule has 0 bridgehead atoms. The van der Waals surface area contributed by atoms with E-state index in [-0.39, 0.29) is 12.9 Å². The molecular weight excluding hydrogens is 152 g/mol. The summed E-state index contributed by atoms with van der Waals surface area (Å²) >= 11 is 10.2. The first kappa shape index (κ1) is 8.52. The molecule has 0 fully saturated rings. The average molecular weight is 158 g/mol. The van der Waals surface area contributed by atoms with Gasteiger partial charge in [0.2, 0.25) is 0 Å². The van der Waals surface area contributed by atoms with Crippen LogP contribution < -0.4 is 0 Å². The monoisotopic (exact) mass is 157 g/mol. The van der Waals surface area contributed by atoms with Crippen LogP contribution in [0.3, 0.4) is 0 Å². The van der Waals surface area contributed by atoms with Crippen LogP contribution in [0.1, 0.15) is 0 Å². The Hall–Kier alpha value is 0.525. The zero-order valence-electron chi connectivity index (χ0n) is 4.09. The van der Waals surface area contributed by atoms with Gasteiger partial charge in [-0.25, -0.2) is 0 Å². The highest BCUT2D eigenvalue weighted by molar-refractivity contribution is 6.41. The predicted molar refractivity (Wildman–Crippen MR) is 33.4 cm³/mol. The van der Waals surface area contributed by atoms with E-state index in [1.165, 1.54) is 0 Å². The van der Waals surface area contributed by atoms with Crippen molar-refractivity contribution < 1.29 is 10.0 Å². The molecule has 0 aromatic heterocycles. The van der Waals surface area contributed by atoms with Crippen LogP contribution in [-0.2, 0) is 0 Å². The van der Waals surface area contributed by atoms with Gasteiger partial charge in [0.25, 0.3) is 0 Å². The minimum Gasteiger partial charge on any atom is -0.427 e. The van der Waals surface area contributed by atoms with Gasteiger partial charge in [0.15, 0.2) is 0 Å². The van der Waals surface area contributed by atoms with Crippen LogP contribution in [0.5, 0.6) is 0 Å². The van der Waals surface area contributed by atoms with E-state index < -0.39 is 7.12 Å². The minimum atomic E-state index is -1.32. The number of nitrogens with zero attached hydrogens (tertiary/aromatic N) is 1. The van der Waals surface area contributed by atoms with Crippen molar-refractivity contribution in [1.29, 1.82) is 0 Å². The van der Waals surface area contributed by atoms with Gasteiger partial charge < -0.3 is 10.0 Å². The second-order valence-electron chi connectivity index (χ2n) is 1.30. The van der Waals surface area contributed by atoms with Gasteiger partial charge in [-0.15, -0.1) is 3.94 Å². The summed E-state index contributed by atoms with van der Waals surface area (Å²) in [6.45, 7) is 0.251. The summed E-state index contributed by atoms with van der Waals surface area (Å²) in [4.78, 5) is 0. The lowest BCUT2D eigenvalue weighted by molar-refractivity contribution is 0.402. The van der Waals surface area contributed by atoms with Crippen molar-refractivity contribution in [1.82, 2.24) is 3.94 Å². The van der Waals surface area contributed by atoms with Crippen LogP contribution in [-0.4, -0.2) is 27.6 Å². The SMILES string of the molecule is OB(O)CCN(Cl)Cl. The number of hydrogen-bond acceptors (Lipinski definition) is 3. The maximum atomic E-state index is 8.21. The molecule has 0 amide bonds. The van der Waals surface area contributed by atoms with Gasteiger partial charge in [0, 0.05) is 6.54 Å². The molecule has 0 radical (unpaired) electrons. The van der Waals surface area contributed by atoms with E-state index in [4.69, 9.17) is 33.6 Å². The third kappa shape index (κ3) is 6.52. The van der Waals surface area contributed by atoms with Crippen LogP contribution in [0.4, 0.5) is 0 Å². The molecule has 0 atom stereocenters. The largest absolute Gasteiger partial charge is 0.452 e. The zero-order valence-corrected chi connectivity index (χ0v) is 5.60. The first-order chi connectivity index (χ1) is 3.63. The van der Waals surface area contributed by atoms with Crippen molar-refractivity contribution in [2.24, 2.45) is 0 Å². The van der Waals surface area contributed by atoms with Gasteiger partial charge in [0.1, 0.15) is 0 Å². The Morgan fingerprint density at radius 1 is 1.38 bits per heavy atom. The van der Waals surface area contributed by atoms with E-state index in [0.29, 0.717) is 0 Å². The summed E-state index contributed by atoms with van der Waals surface area (Å²) in [5, 5.41) is 16.4. The second-order valence-corrected chi connectivity index (χ2v) is 2.29. The predicted octanol–water partition coefficient (Wildman–Crippen LogP) is 0.0688. The molecule has 0 aromatic rings. The van der Waals surface area contributed by atoms with Gasteiger partial charge in [-0.2, -0.15) is 0 Å². The quantitative estimate of drug-likeness (QED) is 0.450. The molecule has 6 heteroatoms. The van der Waals surface area contributed by atoms with Gasteiger partial charge in [0.05, 0.1) is 0 Å². The molecule has 2 N–H and O–H groups in total. The second kappa shape index (κ2) is 4.41. The van der Waals surface area contributed by atoms with Crippen molar-refractivity contribution in [3.05, 3.63) is 0 Å². The zero-order chi connectivity index (χ0) is 6.57. The molecule has 8 heavy (non-hydrogen) atoms. The third-order valence-electron chi connectivity index (χ3n) is 0.556. The highest BCUT2D eigenvalue weighted by Crippen LogP contribution is 2.00. The number of rotatable bonds is 3. The normalized spacial score (nSPS) is 10.1. The molecule has 0 spiro atoms. The Labute approximate surface area is 58.2 Å². The summed E-state index contributed by atoms with van der Waals surface area (Å²) in [6, 6.07) is 0. The Kier molecular flexibility index (Phi) is 4.70. The van der Waals surface area contributed by atoms with Crippen LogP contribution >= 0.6 is 23.6 Å². The van der Waals surface area contributed by atoms with Gasteiger partial charge in [-0.05, 0) is 29.9 Å². The highest BCUT2D eigenvalue weighted by Gasteiger charge is 2.06. The Morgan fingerprint density at radius 2 is 1.88 bits per heavy atom. The van der Waals surface area contributed by atoms with Crippen molar-refractivity contribution in [3.63, 3.8) is 0 Å². The Balaban J connectivity index is 2.93. The van der Waals surface area contributed by atoms with Gasteiger partial charge in [-0.1, -0.05) is 0 Å². The average Bonchev–Trinajstić information content (AvgIpc) is 1.61. The maximum absolute atomic E-state index is 8.21. The highest BCUT2D eigenvalue weighted by atomic mass is 35.5. The third-order valence-corrected chi connectivity index (χ3v) is 0.894. The van der Waals surface area contributed by atoms with Crippen molar-refractivity contribution in [3.8, 4) is 0 Å². The van der Waals surface area contributed by atoms with E-state index in [1.54, 1.807) is 0 Å². The molecule has 0 rings (SSSR count). The standard InChI is InChI=1S/C2H6BCl2NO2/c4-6(5)2-1-3(7)8/h7-8H,1-2H2. The number of hydrogen-bond donors (Lipinski definition) is 2. The van der Waals surface area contributed by atoms with Crippen LogP contribution in [0.15, 0.2) is 0 Å². The molecule has 3 nitrogen and oxygen atoms in total. The molecular formula is C2H6BCl2NO2. The Bertz CT molecular complexity index is 54.0. The summed E-state index contributed by atoms with van der Waals surface area (Å²) < 4.78 is 0.847. The fourth-order valence-corrected chi connectivity index (χ4v) is 0.408. The van der Waals surface area contributed by atoms with E-state index in [0.717, 1.165) is 3.94 Å². The molecule has 0 aliphatic heterocycles.